The van der Waals surface area contributed by atoms with Crippen molar-refractivity contribution in [1.82, 2.24) is 9.88 Å². The van der Waals surface area contributed by atoms with Crippen molar-refractivity contribution < 1.29 is 9.53 Å². The second-order valence-electron chi connectivity index (χ2n) is 7.73. The zero-order valence-electron chi connectivity index (χ0n) is 18.5. The Hall–Kier alpha value is -1.64. The summed E-state index contributed by atoms with van der Waals surface area (Å²) in [4.78, 5) is 23.9. The van der Waals surface area contributed by atoms with Gasteiger partial charge in [-0.2, -0.15) is 0 Å². The average molecular weight is 490 g/mol. The number of amides is 1. The zero-order valence-corrected chi connectivity index (χ0v) is 20.9. The van der Waals surface area contributed by atoms with E-state index in [-0.39, 0.29) is 5.91 Å². The van der Waals surface area contributed by atoms with Crippen LogP contribution >= 0.6 is 34.7 Å². The Morgan fingerprint density at radius 1 is 1.25 bits per heavy atom. The molecule has 1 fully saturated rings. The quantitative estimate of drug-likeness (QED) is 0.377. The highest BCUT2D eigenvalue weighted by molar-refractivity contribution is 7.99. The summed E-state index contributed by atoms with van der Waals surface area (Å²) in [5.41, 5.74) is 2.67. The van der Waals surface area contributed by atoms with Crippen LogP contribution in [0.5, 0.6) is 0 Å². The minimum atomic E-state index is -0.00337. The van der Waals surface area contributed by atoms with Gasteiger partial charge in [-0.15, -0.1) is 11.8 Å². The summed E-state index contributed by atoms with van der Waals surface area (Å²) in [6.45, 7) is 9.12. The van der Waals surface area contributed by atoms with Crippen molar-refractivity contribution in [2.75, 3.05) is 50.0 Å². The molecule has 0 bridgehead atoms. The first-order valence-corrected chi connectivity index (χ1v) is 13.2. The molecule has 170 valence electrons. The number of hydrogen-bond acceptors (Lipinski definition) is 6. The van der Waals surface area contributed by atoms with E-state index in [1.54, 1.807) is 11.8 Å². The molecule has 0 N–H and O–H groups in total. The van der Waals surface area contributed by atoms with Gasteiger partial charge in [-0.05, 0) is 42.9 Å². The highest BCUT2D eigenvalue weighted by Gasteiger charge is 2.24. The van der Waals surface area contributed by atoms with Gasteiger partial charge in [0, 0.05) is 31.1 Å². The third-order valence-corrected chi connectivity index (χ3v) is 8.03. The molecule has 0 atom stereocenters. The van der Waals surface area contributed by atoms with Gasteiger partial charge in [-0.25, -0.2) is 4.98 Å². The Morgan fingerprint density at radius 3 is 2.78 bits per heavy atom. The van der Waals surface area contributed by atoms with E-state index in [9.17, 15) is 4.79 Å². The molecular weight excluding hydrogens is 462 g/mol. The molecule has 5 nitrogen and oxygen atoms in total. The molecular formula is C24H28ClN3O2S2. The number of fused-ring (bicyclic) bond motifs is 1. The topological polar surface area (TPSA) is 45.7 Å². The smallest absolute Gasteiger partial charge is 0.261 e. The number of halogens is 1. The zero-order chi connectivity index (χ0) is 22.5. The fourth-order valence-corrected chi connectivity index (χ4v) is 5.98. The van der Waals surface area contributed by atoms with E-state index < -0.39 is 0 Å². The van der Waals surface area contributed by atoms with E-state index >= 15 is 0 Å². The molecule has 1 aliphatic rings. The largest absolute Gasteiger partial charge is 0.379 e. The molecule has 1 aliphatic heterocycles. The van der Waals surface area contributed by atoms with Crippen molar-refractivity contribution in [3.8, 4) is 0 Å². The Bertz CT molecular complexity index is 1040. The summed E-state index contributed by atoms with van der Waals surface area (Å²) in [6.07, 6.45) is 0.872. The molecule has 0 spiro atoms. The number of hydrogen-bond donors (Lipinski definition) is 0. The molecule has 4 rings (SSSR count). The number of aryl methyl sites for hydroxylation is 1. The predicted molar refractivity (Wildman–Crippen MR) is 136 cm³/mol. The van der Waals surface area contributed by atoms with E-state index in [1.165, 1.54) is 11.3 Å². The van der Waals surface area contributed by atoms with Crippen LogP contribution in [0.15, 0.2) is 41.3 Å². The van der Waals surface area contributed by atoms with Gasteiger partial charge in [0.15, 0.2) is 5.13 Å². The predicted octanol–water partition coefficient (Wildman–Crippen LogP) is 5.74. The molecule has 1 saturated heterocycles. The molecule has 3 aromatic rings. The minimum absolute atomic E-state index is 0.00337. The van der Waals surface area contributed by atoms with Gasteiger partial charge in [-0.1, -0.05) is 48.1 Å². The number of carbonyl (C=O) groups excluding carboxylic acids is 1. The SMILES string of the molecule is CCSc1ccccc1C(=O)N(CCCN1CCOCC1)c1nc2c(C)ccc(Cl)c2s1. The van der Waals surface area contributed by atoms with E-state index in [1.807, 2.05) is 48.2 Å². The van der Waals surface area contributed by atoms with E-state index in [4.69, 9.17) is 21.3 Å². The van der Waals surface area contributed by atoms with Gasteiger partial charge in [0.1, 0.15) is 0 Å². The standard InChI is InChI=1S/C24H28ClN3O2S2/c1-3-31-20-8-5-4-7-18(20)23(29)28(12-6-11-27-13-15-30-16-14-27)24-26-21-17(2)9-10-19(25)22(21)32-24/h4-5,7-10H,3,6,11-16H2,1-2H3. The second kappa shape index (κ2) is 11.0. The fraction of sp³-hybridized carbons (Fsp3) is 0.417. The maximum absolute atomic E-state index is 13.8. The van der Waals surface area contributed by atoms with Crippen molar-refractivity contribution in [1.29, 1.82) is 0 Å². The first-order valence-electron chi connectivity index (χ1n) is 11.0. The Balaban J connectivity index is 1.64. The van der Waals surface area contributed by atoms with E-state index in [2.05, 4.69) is 11.8 Å². The van der Waals surface area contributed by atoms with Crippen LogP contribution < -0.4 is 4.90 Å². The van der Waals surface area contributed by atoms with Gasteiger partial charge in [0.05, 0.1) is 34.0 Å². The van der Waals surface area contributed by atoms with Gasteiger partial charge < -0.3 is 4.74 Å². The monoisotopic (exact) mass is 489 g/mol. The van der Waals surface area contributed by atoms with Crippen molar-refractivity contribution >= 4 is 56.0 Å². The van der Waals surface area contributed by atoms with Crippen LogP contribution in [0.4, 0.5) is 5.13 Å². The van der Waals surface area contributed by atoms with Gasteiger partial charge in [-0.3, -0.25) is 14.6 Å². The maximum Gasteiger partial charge on any atom is 0.261 e. The molecule has 0 aliphatic carbocycles. The number of benzene rings is 2. The van der Waals surface area contributed by atoms with Crippen LogP contribution in [-0.4, -0.2) is 60.9 Å². The third-order valence-electron chi connectivity index (χ3n) is 5.54. The van der Waals surface area contributed by atoms with Gasteiger partial charge in [0.25, 0.3) is 5.91 Å². The molecule has 32 heavy (non-hydrogen) atoms. The van der Waals surface area contributed by atoms with Crippen molar-refractivity contribution in [2.24, 2.45) is 0 Å². The Kier molecular flexibility index (Phi) is 8.07. The summed E-state index contributed by atoms with van der Waals surface area (Å²) in [6, 6.07) is 11.7. The van der Waals surface area contributed by atoms with Crippen LogP contribution in [0.2, 0.25) is 5.02 Å². The van der Waals surface area contributed by atoms with Crippen LogP contribution in [0, 0.1) is 6.92 Å². The summed E-state index contributed by atoms with van der Waals surface area (Å²) in [5.74, 6) is 0.911. The van der Waals surface area contributed by atoms with Crippen LogP contribution in [-0.2, 0) is 4.74 Å². The first-order chi connectivity index (χ1) is 15.6. The average Bonchev–Trinajstić information content (AvgIpc) is 3.27. The number of morpholine rings is 1. The lowest BCUT2D eigenvalue weighted by Gasteiger charge is -2.28. The minimum Gasteiger partial charge on any atom is -0.379 e. The number of thioether (sulfide) groups is 1. The summed E-state index contributed by atoms with van der Waals surface area (Å²) in [5, 5.41) is 1.39. The molecule has 1 amide bonds. The second-order valence-corrected chi connectivity index (χ2v) is 10.4. The maximum atomic E-state index is 13.8. The van der Waals surface area contributed by atoms with Crippen molar-refractivity contribution in [3.63, 3.8) is 0 Å². The van der Waals surface area contributed by atoms with Crippen molar-refractivity contribution in [2.45, 2.75) is 25.2 Å². The van der Waals surface area contributed by atoms with Gasteiger partial charge >= 0.3 is 0 Å². The number of aromatic nitrogens is 1. The van der Waals surface area contributed by atoms with E-state index in [0.29, 0.717) is 16.7 Å². The molecule has 0 saturated carbocycles. The highest BCUT2D eigenvalue weighted by atomic mass is 35.5. The lowest BCUT2D eigenvalue weighted by Crippen LogP contribution is -2.39. The van der Waals surface area contributed by atoms with Crippen LogP contribution in [0.1, 0.15) is 29.3 Å². The fourth-order valence-electron chi connectivity index (χ4n) is 3.84. The Labute approximate surface area is 202 Å². The molecule has 1 aromatic heterocycles. The van der Waals surface area contributed by atoms with Gasteiger partial charge in [0.2, 0.25) is 0 Å². The summed E-state index contributed by atoms with van der Waals surface area (Å²) in [7, 11) is 0. The van der Waals surface area contributed by atoms with Crippen LogP contribution in [0.3, 0.4) is 0 Å². The number of carbonyl (C=O) groups is 1. The van der Waals surface area contributed by atoms with E-state index in [0.717, 1.165) is 71.3 Å². The molecule has 2 aromatic carbocycles. The number of thiazole rings is 1. The lowest BCUT2D eigenvalue weighted by atomic mass is 10.2. The number of rotatable bonds is 8. The molecule has 0 radical (unpaired) electrons. The number of ether oxygens (including phenoxy) is 1. The summed E-state index contributed by atoms with van der Waals surface area (Å²) < 4.78 is 6.39. The molecule has 2 heterocycles. The number of nitrogens with zero attached hydrogens (tertiary/aromatic N) is 3. The van der Waals surface area contributed by atoms with Crippen molar-refractivity contribution in [3.05, 3.63) is 52.5 Å². The lowest BCUT2D eigenvalue weighted by molar-refractivity contribution is 0.0376. The third kappa shape index (κ3) is 5.29. The first kappa shape index (κ1) is 23.5. The normalized spacial score (nSPS) is 14.7. The molecule has 8 heteroatoms. The highest BCUT2D eigenvalue weighted by Crippen LogP contribution is 2.36. The van der Waals surface area contributed by atoms with Crippen LogP contribution in [0.25, 0.3) is 10.2 Å². The number of anilines is 1. The Morgan fingerprint density at radius 2 is 2.03 bits per heavy atom. The summed E-state index contributed by atoms with van der Waals surface area (Å²) >= 11 is 9.65. The molecule has 0 unspecified atom stereocenters.